The number of aliphatic carboxylic acids is 1. The first-order valence-electron chi connectivity index (χ1n) is 16.4. The smallest absolute Gasteiger partial charge is 0.122 e. The summed E-state index contributed by atoms with van der Waals surface area (Å²) in [7, 11) is 4.89. The molecule has 0 rings (SSSR count). The van der Waals surface area contributed by atoms with Crippen molar-refractivity contribution in [1.82, 2.24) is 0 Å². The Hall–Kier alpha value is -0.770. The average Bonchev–Trinajstić information content (AvgIpc) is 2.93. The normalized spacial score (nSPS) is 14.7. The first kappa shape index (κ1) is 41.4. The maximum Gasteiger partial charge on any atom is 0.122 e. The van der Waals surface area contributed by atoms with Crippen LogP contribution in [0.1, 0.15) is 142 Å². The molecule has 40 heavy (non-hydrogen) atoms. The Bertz CT molecular complexity index is 521. The molecule has 0 aromatic heterocycles. The summed E-state index contributed by atoms with van der Waals surface area (Å²) in [4.78, 5) is 9.98. The molecule has 4 atom stereocenters. The van der Waals surface area contributed by atoms with Crippen LogP contribution in [0.3, 0.4) is 0 Å². The predicted octanol–water partition coefficient (Wildman–Crippen LogP) is 4.08. The second-order valence-electron chi connectivity index (χ2n) is 12.2. The van der Waals surface area contributed by atoms with Crippen LogP contribution in [0.25, 0.3) is 0 Å². The number of carboxylic acids is 1. The lowest BCUT2D eigenvalue weighted by Gasteiger charge is -2.30. The SMILES string of the molecule is CCCCCCCCCCCC[N+](C)(C)CCCCCCCCCCCC.O=C([O-])[C@H](O)[C@@H](O)[C@H](O)[C@H](O)CO. The summed E-state index contributed by atoms with van der Waals surface area (Å²) in [6.45, 7) is 6.51. The van der Waals surface area contributed by atoms with Crippen LogP contribution in [-0.2, 0) is 4.79 Å². The quantitative estimate of drug-likeness (QED) is 0.0732. The zero-order valence-electron chi connectivity index (χ0n) is 26.6. The van der Waals surface area contributed by atoms with Gasteiger partial charge >= 0.3 is 0 Å². The van der Waals surface area contributed by atoms with Gasteiger partial charge in [0.25, 0.3) is 0 Å². The van der Waals surface area contributed by atoms with Gasteiger partial charge in [-0.15, -0.1) is 0 Å². The molecule has 5 N–H and O–H groups in total. The van der Waals surface area contributed by atoms with E-state index >= 15 is 0 Å². The number of unbranched alkanes of at least 4 members (excludes halogenated alkanes) is 18. The van der Waals surface area contributed by atoms with Crippen LogP contribution in [-0.4, -0.2) is 94.2 Å². The molecular weight excluding hydrogens is 510 g/mol. The Kier molecular flexibility index (Phi) is 29.3. The van der Waals surface area contributed by atoms with Crippen LogP contribution in [0, 0.1) is 0 Å². The van der Waals surface area contributed by atoms with Crippen molar-refractivity contribution in [2.24, 2.45) is 0 Å². The van der Waals surface area contributed by atoms with Gasteiger partial charge in [-0.1, -0.05) is 117 Å². The molecule has 0 fully saturated rings. The fraction of sp³-hybridized carbons (Fsp3) is 0.969. The zero-order chi connectivity index (χ0) is 30.7. The predicted molar refractivity (Wildman–Crippen MR) is 162 cm³/mol. The number of carbonyl (C=O) groups excluding carboxylic acids is 1. The van der Waals surface area contributed by atoms with Crippen molar-refractivity contribution in [2.75, 3.05) is 33.8 Å². The van der Waals surface area contributed by atoms with Gasteiger partial charge in [0.1, 0.15) is 24.4 Å². The molecule has 0 saturated carbocycles. The van der Waals surface area contributed by atoms with Crippen molar-refractivity contribution in [1.29, 1.82) is 0 Å². The maximum atomic E-state index is 9.98. The molecule has 0 radical (unpaired) electrons. The van der Waals surface area contributed by atoms with E-state index in [-0.39, 0.29) is 0 Å². The molecule has 0 aliphatic carbocycles. The number of nitrogens with zero attached hydrogens (tertiary/aromatic N) is 1. The molecule has 0 spiro atoms. The first-order chi connectivity index (χ1) is 19.0. The van der Waals surface area contributed by atoms with E-state index < -0.39 is 37.0 Å². The van der Waals surface area contributed by atoms with Crippen molar-refractivity contribution < 1.29 is 39.9 Å². The molecule has 0 aromatic carbocycles. The standard InChI is InChI=1S/C26H56N.C6H12O7/c1-5-7-9-11-13-15-17-19-21-23-25-27(3,4)26-24-22-20-18-16-14-12-10-8-6-2;7-1-2(8)3(9)4(10)5(11)6(12)13/h5-26H2,1-4H3;2-5,7-11H,1H2,(H,12,13)/q+1;/p-1/t;2-,3-,4+,5-/m.1/s1. The highest BCUT2D eigenvalue weighted by molar-refractivity contribution is 5.70. The molecule has 0 heterocycles. The molecule has 8 nitrogen and oxygen atoms in total. The summed E-state index contributed by atoms with van der Waals surface area (Å²) in [5, 5.41) is 53.4. The van der Waals surface area contributed by atoms with Crippen molar-refractivity contribution in [3.63, 3.8) is 0 Å². The van der Waals surface area contributed by atoms with E-state index in [4.69, 9.17) is 25.5 Å². The minimum Gasteiger partial charge on any atom is -0.547 e. The van der Waals surface area contributed by atoms with Crippen molar-refractivity contribution in [3.8, 4) is 0 Å². The lowest BCUT2D eigenvalue weighted by molar-refractivity contribution is -0.890. The molecule has 0 saturated heterocycles. The van der Waals surface area contributed by atoms with Gasteiger partial charge in [-0.3, -0.25) is 0 Å². The van der Waals surface area contributed by atoms with E-state index in [2.05, 4.69) is 27.9 Å². The van der Waals surface area contributed by atoms with E-state index in [1.54, 1.807) is 0 Å². The summed E-state index contributed by atoms with van der Waals surface area (Å²) in [6.07, 6.45) is 20.9. The van der Waals surface area contributed by atoms with E-state index in [1.165, 1.54) is 146 Å². The lowest BCUT2D eigenvalue weighted by atomic mass is 10.0. The second kappa shape index (κ2) is 28.4. The van der Waals surface area contributed by atoms with E-state index in [9.17, 15) is 9.90 Å². The van der Waals surface area contributed by atoms with Crippen molar-refractivity contribution in [2.45, 2.75) is 167 Å². The van der Waals surface area contributed by atoms with Crippen LogP contribution in [0.2, 0.25) is 0 Å². The van der Waals surface area contributed by atoms with Gasteiger partial charge in [0.2, 0.25) is 0 Å². The summed E-state index contributed by atoms with van der Waals surface area (Å²) in [5.41, 5.74) is 0. The fourth-order valence-corrected chi connectivity index (χ4v) is 4.83. The van der Waals surface area contributed by atoms with Crippen LogP contribution < -0.4 is 5.11 Å². The van der Waals surface area contributed by atoms with Gasteiger partial charge in [-0.2, -0.15) is 0 Å². The third-order valence-corrected chi connectivity index (χ3v) is 7.73. The monoisotopic (exact) mass is 577 g/mol. The number of quaternary nitrogens is 1. The number of carbonyl (C=O) groups is 1. The molecule has 0 aliphatic heterocycles. The number of hydrogen-bond donors (Lipinski definition) is 5. The Morgan fingerprint density at radius 3 is 1.15 bits per heavy atom. The molecule has 0 unspecified atom stereocenters. The number of rotatable bonds is 27. The van der Waals surface area contributed by atoms with Gasteiger partial charge in [-0.05, 0) is 25.7 Å². The van der Waals surface area contributed by atoms with Crippen LogP contribution in [0.15, 0.2) is 0 Å². The average molecular weight is 578 g/mol. The van der Waals surface area contributed by atoms with Gasteiger partial charge in [0, 0.05) is 0 Å². The molecule has 0 aromatic rings. The third kappa shape index (κ3) is 26.1. The molecular formula is C32H67NO7. The maximum absolute atomic E-state index is 9.98. The summed E-state index contributed by atoms with van der Waals surface area (Å²) in [6, 6.07) is 0. The van der Waals surface area contributed by atoms with Gasteiger partial charge in [0.05, 0.1) is 39.8 Å². The highest BCUT2D eigenvalue weighted by atomic mass is 16.4. The Labute approximate surface area is 246 Å². The molecule has 0 bridgehead atoms. The van der Waals surface area contributed by atoms with Crippen molar-refractivity contribution >= 4 is 5.97 Å². The minimum atomic E-state index is -2.31. The van der Waals surface area contributed by atoms with E-state index in [0.29, 0.717) is 0 Å². The van der Waals surface area contributed by atoms with Gasteiger partial charge in [-0.25, -0.2) is 0 Å². The number of hydrogen-bond acceptors (Lipinski definition) is 7. The van der Waals surface area contributed by atoms with E-state index in [0.717, 1.165) is 0 Å². The number of aliphatic hydroxyl groups is 5. The molecule has 0 amide bonds. The Morgan fingerprint density at radius 2 is 0.875 bits per heavy atom. The topological polar surface area (TPSA) is 141 Å². The lowest BCUT2D eigenvalue weighted by Crippen LogP contribution is -2.52. The summed E-state index contributed by atoms with van der Waals surface area (Å²) < 4.78 is 1.24. The summed E-state index contributed by atoms with van der Waals surface area (Å²) >= 11 is 0. The zero-order valence-corrected chi connectivity index (χ0v) is 26.6. The largest absolute Gasteiger partial charge is 0.547 e. The fourth-order valence-electron chi connectivity index (χ4n) is 4.83. The van der Waals surface area contributed by atoms with Gasteiger partial charge in [0.15, 0.2) is 0 Å². The Morgan fingerprint density at radius 1 is 0.575 bits per heavy atom. The minimum absolute atomic E-state index is 0.863. The molecule has 0 aliphatic rings. The highest BCUT2D eigenvalue weighted by Gasteiger charge is 2.30. The van der Waals surface area contributed by atoms with Crippen LogP contribution >= 0.6 is 0 Å². The van der Waals surface area contributed by atoms with Gasteiger partial charge < -0.3 is 39.9 Å². The Balaban J connectivity index is 0. The molecule has 8 heteroatoms. The molecule has 242 valence electrons. The number of carboxylic acid groups (broad SMARTS) is 1. The third-order valence-electron chi connectivity index (χ3n) is 7.73. The van der Waals surface area contributed by atoms with Crippen molar-refractivity contribution in [3.05, 3.63) is 0 Å². The second-order valence-corrected chi connectivity index (χ2v) is 12.2. The van der Waals surface area contributed by atoms with Crippen LogP contribution in [0.5, 0.6) is 0 Å². The number of aliphatic hydroxyl groups excluding tert-OH is 5. The van der Waals surface area contributed by atoms with Crippen LogP contribution in [0.4, 0.5) is 0 Å². The van der Waals surface area contributed by atoms with E-state index in [1.807, 2.05) is 0 Å². The first-order valence-corrected chi connectivity index (χ1v) is 16.4. The summed E-state index contributed by atoms with van der Waals surface area (Å²) in [5.74, 6) is -1.98. The highest BCUT2D eigenvalue weighted by Crippen LogP contribution is 2.14.